The predicted molar refractivity (Wildman–Crippen MR) is 276 cm³/mol. The molecule has 9 aromatic rings. The smallest absolute Gasteiger partial charge is 0.248 e. The molecule has 0 atom stereocenters. The maximum absolute atomic E-state index is 11.5. The topological polar surface area (TPSA) is 154 Å². The standard InChI is InChI=1S/C16H14N2O.2C16H13N2O.C11H20O2.2Ir/c3*1-11-3-7-13(8-4-11)15-17-18-16(19-15)14-9-5-12(2)6-10-14;1-10(2,3)8(12)7-9(13)11(4,5)6;;/h3-10H,1-2H3;2*3-9H,1-2H3;7,12H,1-6H3;;/q;2*-1;;;. The number of nitrogens with zero attached hydrogens (tertiary/aromatic N) is 6. The largest absolute Gasteiger partial charge is 0.512 e. The number of carbonyl (C=O) groups is 1. The molecule has 0 aliphatic rings. The molecule has 1 N–H and O–H groups in total. The van der Waals surface area contributed by atoms with Crippen LogP contribution in [0.2, 0.25) is 0 Å². The Hall–Kier alpha value is -6.75. The van der Waals surface area contributed by atoms with Gasteiger partial charge in [0.1, 0.15) is 5.76 Å². The van der Waals surface area contributed by atoms with Crippen molar-refractivity contribution in [3.8, 4) is 68.7 Å². The molecule has 0 unspecified atom stereocenters. The number of rotatable bonds is 7. The zero-order valence-electron chi connectivity index (χ0n) is 42.7. The molecular weight excluding hydrogens is 1260 g/mol. The van der Waals surface area contributed by atoms with Gasteiger partial charge in [-0.2, -0.15) is 10.2 Å². The van der Waals surface area contributed by atoms with Gasteiger partial charge in [-0.1, -0.05) is 137 Å². The molecule has 3 heterocycles. The number of hydrogen-bond acceptors (Lipinski definition) is 11. The Morgan fingerprint density at radius 2 is 0.653 bits per heavy atom. The van der Waals surface area contributed by atoms with Crippen molar-refractivity contribution in [2.24, 2.45) is 10.8 Å². The van der Waals surface area contributed by atoms with Gasteiger partial charge in [-0.15, -0.1) is 80.1 Å². The van der Waals surface area contributed by atoms with Gasteiger partial charge < -0.3 is 18.4 Å². The summed E-state index contributed by atoms with van der Waals surface area (Å²) in [6.07, 6.45) is 1.33. The molecule has 376 valence electrons. The van der Waals surface area contributed by atoms with Gasteiger partial charge in [-0.25, -0.2) is 0 Å². The molecule has 0 bridgehead atoms. The normalized spacial score (nSPS) is 11.0. The maximum atomic E-state index is 11.5. The first-order valence-electron chi connectivity index (χ1n) is 22.9. The maximum Gasteiger partial charge on any atom is 0.248 e. The molecule has 72 heavy (non-hydrogen) atoms. The molecule has 0 aliphatic heterocycles. The van der Waals surface area contributed by atoms with Crippen LogP contribution in [0.25, 0.3) is 68.7 Å². The van der Waals surface area contributed by atoms with E-state index in [9.17, 15) is 9.90 Å². The molecule has 0 saturated carbocycles. The van der Waals surface area contributed by atoms with Gasteiger partial charge in [0.15, 0.2) is 17.6 Å². The van der Waals surface area contributed by atoms with E-state index < -0.39 is 5.41 Å². The summed E-state index contributed by atoms with van der Waals surface area (Å²) >= 11 is 0. The van der Waals surface area contributed by atoms with Crippen molar-refractivity contribution >= 4 is 5.78 Å². The summed E-state index contributed by atoms with van der Waals surface area (Å²) in [6, 6.07) is 50.0. The average Bonchev–Trinajstić information content (AvgIpc) is 4.14. The number of aryl methyl sites for hydroxylation is 6. The Bertz CT molecular complexity index is 2630. The predicted octanol–water partition coefficient (Wildman–Crippen LogP) is 14.7. The third kappa shape index (κ3) is 16.9. The number of aromatic nitrogens is 6. The summed E-state index contributed by atoms with van der Waals surface area (Å²) in [7, 11) is 0. The third-order valence-corrected chi connectivity index (χ3v) is 10.6. The molecule has 0 amide bonds. The van der Waals surface area contributed by atoms with Crippen molar-refractivity contribution in [3.05, 3.63) is 191 Å². The first-order valence-corrected chi connectivity index (χ1v) is 22.9. The van der Waals surface area contributed by atoms with Crippen LogP contribution >= 0.6 is 0 Å². The van der Waals surface area contributed by atoms with E-state index >= 15 is 0 Å². The second-order valence-corrected chi connectivity index (χ2v) is 19.2. The molecule has 2 radical (unpaired) electrons. The van der Waals surface area contributed by atoms with E-state index in [2.05, 4.69) is 56.6 Å². The molecule has 11 nitrogen and oxygen atoms in total. The van der Waals surface area contributed by atoms with Gasteiger partial charge in [0.05, 0.1) is 0 Å². The first kappa shape index (κ1) is 57.8. The van der Waals surface area contributed by atoms with Gasteiger partial charge in [-0.3, -0.25) is 4.79 Å². The van der Waals surface area contributed by atoms with Crippen LogP contribution in [-0.2, 0) is 45.0 Å². The Morgan fingerprint density at radius 1 is 0.403 bits per heavy atom. The van der Waals surface area contributed by atoms with Crippen molar-refractivity contribution in [3.63, 3.8) is 0 Å². The van der Waals surface area contributed by atoms with Crippen molar-refractivity contribution in [1.82, 2.24) is 30.6 Å². The Balaban J connectivity index is 0.000000209. The minimum Gasteiger partial charge on any atom is -0.512 e. The monoisotopic (exact) mass is 1320 g/mol. The summed E-state index contributed by atoms with van der Waals surface area (Å²) in [6.45, 7) is 23.3. The Labute approximate surface area is 450 Å². The molecule has 0 spiro atoms. The van der Waals surface area contributed by atoms with Crippen LogP contribution in [0.5, 0.6) is 0 Å². The van der Waals surface area contributed by atoms with Crippen molar-refractivity contribution < 1.29 is 63.4 Å². The molecule has 6 aromatic carbocycles. The van der Waals surface area contributed by atoms with Gasteiger partial charge in [0.2, 0.25) is 23.6 Å². The molecule has 3 aromatic heterocycles. The van der Waals surface area contributed by atoms with E-state index in [4.69, 9.17) is 13.3 Å². The number of benzene rings is 6. The van der Waals surface area contributed by atoms with E-state index in [0.717, 1.165) is 44.5 Å². The van der Waals surface area contributed by atoms with E-state index in [-0.39, 0.29) is 57.2 Å². The SMILES string of the molecule is CC(C)(C)C(=O)C=C(O)C(C)(C)C.Cc1c[c-]c(-c2nnc(-c3ccc(C)cc3)o2)cc1.Cc1c[c-]c(-c2nnc(-c3ccc(C)cc3)o2)cc1.Cc1ccc(-c2nnc(-c3ccc(C)cc3)o2)cc1.[Ir].[Ir]. The zero-order valence-corrected chi connectivity index (χ0v) is 47.5. The molecule has 0 saturated heterocycles. The van der Waals surface area contributed by atoms with Crippen LogP contribution in [0.15, 0.2) is 159 Å². The summed E-state index contributed by atoms with van der Waals surface area (Å²) in [5, 5.41) is 34.0. The molecule has 0 aliphatic carbocycles. The summed E-state index contributed by atoms with van der Waals surface area (Å²) in [5.41, 5.74) is 11.7. The summed E-state index contributed by atoms with van der Waals surface area (Å²) in [4.78, 5) is 11.5. The third-order valence-electron chi connectivity index (χ3n) is 10.6. The van der Waals surface area contributed by atoms with E-state index in [1.54, 1.807) is 0 Å². The van der Waals surface area contributed by atoms with Crippen molar-refractivity contribution in [2.45, 2.75) is 83.1 Å². The second-order valence-electron chi connectivity index (χ2n) is 19.2. The zero-order chi connectivity index (χ0) is 50.6. The van der Waals surface area contributed by atoms with Gasteiger partial charge in [-0.05, 0) is 76.2 Å². The van der Waals surface area contributed by atoms with Crippen LogP contribution in [0.1, 0.15) is 74.9 Å². The Kier molecular flexibility index (Phi) is 21.0. The van der Waals surface area contributed by atoms with Crippen LogP contribution in [0.4, 0.5) is 0 Å². The Morgan fingerprint density at radius 3 is 0.889 bits per heavy atom. The average molecular weight is 1320 g/mol. The fourth-order valence-electron chi connectivity index (χ4n) is 5.97. The number of aliphatic hydroxyl groups excluding tert-OH is 1. The van der Waals surface area contributed by atoms with E-state index in [0.29, 0.717) is 35.3 Å². The molecule has 0 fully saturated rings. The van der Waals surface area contributed by atoms with E-state index in [1.807, 2.05) is 203 Å². The van der Waals surface area contributed by atoms with Gasteiger partial charge in [0.25, 0.3) is 0 Å². The van der Waals surface area contributed by atoms with Crippen molar-refractivity contribution in [1.29, 1.82) is 0 Å². The number of ketones is 1. The van der Waals surface area contributed by atoms with Crippen LogP contribution in [-0.4, -0.2) is 41.5 Å². The molecule has 13 heteroatoms. The van der Waals surface area contributed by atoms with E-state index in [1.165, 1.54) is 28.3 Å². The number of aliphatic hydroxyl groups is 1. The fraction of sp³-hybridized carbons (Fsp3) is 0.237. The fourth-order valence-corrected chi connectivity index (χ4v) is 5.97. The molecule has 9 rings (SSSR count). The van der Waals surface area contributed by atoms with Crippen molar-refractivity contribution in [2.75, 3.05) is 0 Å². The quantitative estimate of drug-likeness (QED) is 0.0921. The summed E-state index contributed by atoms with van der Waals surface area (Å²) < 4.78 is 17.1. The number of carbonyl (C=O) groups excluding carboxylic acids is 1. The number of hydrogen-bond donors (Lipinski definition) is 1. The summed E-state index contributed by atoms with van der Waals surface area (Å²) in [5.74, 6) is 3.26. The molecular formula is C59H60Ir2N6O5-2. The van der Waals surface area contributed by atoms with Gasteiger partial charge >= 0.3 is 0 Å². The number of allylic oxidation sites excluding steroid dienone is 2. The van der Waals surface area contributed by atoms with Crippen LogP contribution in [0.3, 0.4) is 0 Å². The minimum absolute atomic E-state index is 0. The van der Waals surface area contributed by atoms with Crippen LogP contribution in [0, 0.1) is 64.5 Å². The minimum atomic E-state index is -0.417. The second kappa shape index (κ2) is 26.1. The first-order chi connectivity index (χ1) is 33.2. The van der Waals surface area contributed by atoms with Gasteiger partial charge in [0, 0.05) is 79.4 Å². The van der Waals surface area contributed by atoms with Crippen LogP contribution < -0.4 is 0 Å².